The number of nitrogens with zero attached hydrogens (tertiary/aromatic N) is 2. The molecule has 0 radical (unpaired) electrons. The monoisotopic (exact) mass is 589 g/mol. The highest BCUT2D eigenvalue weighted by Crippen LogP contribution is 2.26. The normalized spacial score (nSPS) is 12.2. The van der Waals surface area contributed by atoms with Gasteiger partial charge >= 0.3 is 0 Å². The number of sulfonamides is 1. The summed E-state index contributed by atoms with van der Waals surface area (Å²) in [5.74, 6) is -0.861. The number of aryl methyl sites for hydroxylation is 1. The van der Waals surface area contributed by atoms with E-state index in [1.54, 1.807) is 67.6 Å². The standard InChI is InChI=1S/C29H33Cl2N3O4S/c1-5-27(29(36)32-20(2)3)33(18-22-13-16-25(30)26(31)17-22)28(35)19-34(23-9-7-6-8-10-23)39(37,38)24-14-11-21(4)12-15-24/h6-17,20,27H,5,18-19H2,1-4H3,(H,32,36). The number of rotatable bonds is 11. The van der Waals surface area contributed by atoms with E-state index in [0.717, 1.165) is 9.87 Å². The molecule has 0 aromatic heterocycles. The molecule has 0 aliphatic rings. The third-order valence-corrected chi connectivity index (χ3v) is 8.61. The Morgan fingerprint density at radius 2 is 1.56 bits per heavy atom. The van der Waals surface area contributed by atoms with Crippen LogP contribution in [0.5, 0.6) is 0 Å². The first-order valence-electron chi connectivity index (χ1n) is 12.6. The zero-order valence-electron chi connectivity index (χ0n) is 22.4. The molecule has 0 saturated heterocycles. The zero-order valence-corrected chi connectivity index (χ0v) is 24.7. The summed E-state index contributed by atoms with van der Waals surface area (Å²) in [6.07, 6.45) is 0.321. The Hall–Kier alpha value is -3.07. The average Bonchev–Trinajstić information content (AvgIpc) is 2.89. The van der Waals surface area contributed by atoms with Gasteiger partial charge in [-0.15, -0.1) is 0 Å². The number of halogens is 2. The van der Waals surface area contributed by atoms with E-state index in [1.807, 2.05) is 20.8 Å². The number of anilines is 1. The molecule has 3 aromatic carbocycles. The maximum atomic E-state index is 14.0. The number of hydrogen-bond donors (Lipinski definition) is 1. The molecule has 0 aliphatic carbocycles. The van der Waals surface area contributed by atoms with Crippen LogP contribution in [0.25, 0.3) is 0 Å². The fourth-order valence-electron chi connectivity index (χ4n) is 4.10. The number of carbonyl (C=O) groups is 2. The summed E-state index contributed by atoms with van der Waals surface area (Å²) in [5.41, 5.74) is 1.90. The van der Waals surface area contributed by atoms with E-state index in [2.05, 4.69) is 5.32 Å². The van der Waals surface area contributed by atoms with Crippen LogP contribution in [0.15, 0.2) is 77.7 Å². The van der Waals surface area contributed by atoms with Crippen LogP contribution >= 0.6 is 23.2 Å². The van der Waals surface area contributed by atoms with Gasteiger partial charge in [-0.3, -0.25) is 13.9 Å². The van der Waals surface area contributed by atoms with Crippen LogP contribution in [0, 0.1) is 6.92 Å². The van der Waals surface area contributed by atoms with Crippen molar-refractivity contribution in [2.75, 3.05) is 10.8 Å². The molecular formula is C29H33Cl2N3O4S. The van der Waals surface area contributed by atoms with Crippen LogP contribution in [0.4, 0.5) is 5.69 Å². The number of amides is 2. The van der Waals surface area contributed by atoms with Crippen LogP contribution in [-0.2, 0) is 26.2 Å². The lowest BCUT2D eigenvalue weighted by Gasteiger charge is -2.33. The molecule has 3 rings (SSSR count). The second-order valence-electron chi connectivity index (χ2n) is 9.52. The minimum Gasteiger partial charge on any atom is -0.352 e. The predicted octanol–water partition coefficient (Wildman–Crippen LogP) is 5.83. The first-order valence-corrected chi connectivity index (χ1v) is 14.8. The van der Waals surface area contributed by atoms with Gasteiger partial charge in [0.25, 0.3) is 10.0 Å². The Bertz CT molecular complexity index is 1400. The highest BCUT2D eigenvalue weighted by Gasteiger charge is 2.33. The van der Waals surface area contributed by atoms with Crippen LogP contribution in [-0.4, -0.2) is 43.8 Å². The van der Waals surface area contributed by atoms with Crippen LogP contribution in [0.1, 0.15) is 38.3 Å². The van der Waals surface area contributed by atoms with E-state index in [4.69, 9.17) is 23.2 Å². The Kier molecular flexibility index (Phi) is 10.4. The smallest absolute Gasteiger partial charge is 0.264 e. The third kappa shape index (κ3) is 7.75. The van der Waals surface area contributed by atoms with Gasteiger partial charge in [0.05, 0.1) is 20.6 Å². The van der Waals surface area contributed by atoms with Gasteiger partial charge in [0, 0.05) is 12.6 Å². The molecule has 7 nitrogen and oxygen atoms in total. The van der Waals surface area contributed by atoms with Crippen LogP contribution in [0.3, 0.4) is 0 Å². The van der Waals surface area contributed by atoms with E-state index in [0.29, 0.717) is 27.7 Å². The summed E-state index contributed by atoms with van der Waals surface area (Å²) in [7, 11) is -4.11. The van der Waals surface area contributed by atoms with E-state index in [9.17, 15) is 18.0 Å². The fourth-order valence-corrected chi connectivity index (χ4v) is 5.83. The van der Waals surface area contributed by atoms with E-state index in [-0.39, 0.29) is 23.4 Å². The summed E-state index contributed by atoms with van der Waals surface area (Å²) >= 11 is 12.3. The molecule has 1 unspecified atom stereocenters. The molecule has 0 spiro atoms. The van der Waals surface area contributed by atoms with Crippen molar-refractivity contribution in [2.45, 2.75) is 57.6 Å². The number of carbonyl (C=O) groups excluding carboxylic acids is 2. The lowest BCUT2D eigenvalue weighted by molar-refractivity contribution is -0.140. The number of hydrogen-bond acceptors (Lipinski definition) is 4. The Labute approximate surface area is 240 Å². The van der Waals surface area contributed by atoms with Crippen molar-refractivity contribution in [2.24, 2.45) is 0 Å². The maximum absolute atomic E-state index is 14.0. The van der Waals surface area contributed by atoms with Crippen molar-refractivity contribution in [3.8, 4) is 0 Å². The van der Waals surface area contributed by atoms with Crippen LogP contribution < -0.4 is 9.62 Å². The average molecular weight is 591 g/mol. The van der Waals surface area contributed by atoms with Gasteiger partial charge < -0.3 is 10.2 Å². The van der Waals surface area contributed by atoms with Gasteiger partial charge in [0.2, 0.25) is 11.8 Å². The summed E-state index contributed by atoms with van der Waals surface area (Å²) in [4.78, 5) is 28.6. The van der Waals surface area contributed by atoms with Crippen molar-refractivity contribution in [1.82, 2.24) is 10.2 Å². The van der Waals surface area contributed by atoms with E-state index >= 15 is 0 Å². The van der Waals surface area contributed by atoms with Gasteiger partial charge in [0.1, 0.15) is 12.6 Å². The van der Waals surface area contributed by atoms with Crippen molar-refractivity contribution in [3.05, 3.63) is 94.0 Å². The molecule has 0 saturated carbocycles. The molecule has 0 heterocycles. The summed E-state index contributed by atoms with van der Waals surface area (Å²) < 4.78 is 28.7. The largest absolute Gasteiger partial charge is 0.352 e. The first kappa shape index (κ1) is 30.5. The molecule has 39 heavy (non-hydrogen) atoms. The highest BCUT2D eigenvalue weighted by atomic mass is 35.5. The summed E-state index contributed by atoms with van der Waals surface area (Å²) in [5, 5.41) is 3.55. The van der Waals surface area contributed by atoms with Crippen molar-refractivity contribution >= 4 is 50.7 Å². The molecule has 1 N–H and O–H groups in total. The Morgan fingerprint density at radius 3 is 2.13 bits per heavy atom. The molecule has 3 aromatic rings. The van der Waals surface area contributed by atoms with Crippen molar-refractivity contribution in [1.29, 1.82) is 0 Å². The summed E-state index contributed by atoms with van der Waals surface area (Å²) in [6.45, 7) is 6.86. The fraction of sp³-hybridized carbons (Fsp3) is 0.310. The van der Waals surface area contributed by atoms with Gasteiger partial charge in [-0.1, -0.05) is 72.1 Å². The first-order chi connectivity index (χ1) is 18.4. The van der Waals surface area contributed by atoms with Gasteiger partial charge in [-0.05, 0) is 69.2 Å². The Morgan fingerprint density at radius 1 is 0.923 bits per heavy atom. The lowest BCUT2D eigenvalue weighted by Crippen LogP contribution is -2.53. The maximum Gasteiger partial charge on any atom is 0.264 e. The highest BCUT2D eigenvalue weighted by molar-refractivity contribution is 7.92. The van der Waals surface area contributed by atoms with Gasteiger partial charge in [-0.2, -0.15) is 0 Å². The molecular weight excluding hydrogens is 557 g/mol. The summed E-state index contributed by atoms with van der Waals surface area (Å²) in [6, 6.07) is 18.9. The molecule has 0 fully saturated rings. The molecule has 10 heteroatoms. The van der Waals surface area contributed by atoms with Gasteiger partial charge in [-0.25, -0.2) is 8.42 Å². The zero-order chi connectivity index (χ0) is 28.7. The number of nitrogens with one attached hydrogen (secondary N) is 1. The van der Waals surface area contributed by atoms with E-state index in [1.165, 1.54) is 17.0 Å². The number of para-hydroxylation sites is 1. The minimum absolute atomic E-state index is 0.0347. The predicted molar refractivity (Wildman–Crippen MR) is 157 cm³/mol. The second kappa shape index (κ2) is 13.3. The molecule has 208 valence electrons. The molecule has 1 atom stereocenters. The Balaban J connectivity index is 2.05. The lowest BCUT2D eigenvalue weighted by atomic mass is 10.1. The third-order valence-electron chi connectivity index (χ3n) is 6.09. The molecule has 0 aliphatic heterocycles. The quantitative estimate of drug-likeness (QED) is 0.305. The van der Waals surface area contributed by atoms with Gasteiger partial charge in [0.15, 0.2) is 0 Å². The second-order valence-corrected chi connectivity index (χ2v) is 12.2. The number of benzene rings is 3. The van der Waals surface area contributed by atoms with Crippen molar-refractivity contribution in [3.63, 3.8) is 0 Å². The molecule has 2 amide bonds. The van der Waals surface area contributed by atoms with Crippen LogP contribution in [0.2, 0.25) is 10.0 Å². The van der Waals surface area contributed by atoms with E-state index < -0.39 is 28.5 Å². The molecule has 0 bridgehead atoms. The van der Waals surface area contributed by atoms with Crippen molar-refractivity contribution < 1.29 is 18.0 Å². The SMILES string of the molecule is CCC(C(=O)NC(C)C)N(Cc1ccc(Cl)c(Cl)c1)C(=O)CN(c1ccccc1)S(=O)(=O)c1ccc(C)cc1. The minimum atomic E-state index is -4.11. The topological polar surface area (TPSA) is 86.8 Å².